The molecule has 0 saturated carbocycles. The predicted molar refractivity (Wildman–Crippen MR) is 89.4 cm³/mol. The van der Waals surface area contributed by atoms with Crippen LogP contribution >= 0.6 is 0 Å². The Hall–Kier alpha value is -2.69. The van der Waals surface area contributed by atoms with E-state index in [4.69, 9.17) is 0 Å². The van der Waals surface area contributed by atoms with Crippen molar-refractivity contribution in [3.63, 3.8) is 0 Å². The van der Waals surface area contributed by atoms with Crippen LogP contribution in [0.2, 0.25) is 0 Å². The van der Waals surface area contributed by atoms with Crippen molar-refractivity contribution in [1.82, 2.24) is 5.01 Å². The number of nitrogens with zero attached hydrogens (tertiary/aromatic N) is 3. The first-order chi connectivity index (χ1) is 11.0. The number of benzene rings is 2. The highest BCUT2D eigenvalue weighted by Gasteiger charge is 2.23. The molecule has 3 rings (SSSR count). The Bertz CT molecular complexity index is 770. The van der Waals surface area contributed by atoms with Gasteiger partial charge in [0.2, 0.25) is 0 Å². The Kier molecular flexibility index (Phi) is 4.10. The largest absolute Gasteiger partial charge is 0.378 e. The number of carbonyl (C=O) groups is 1. The van der Waals surface area contributed by atoms with Gasteiger partial charge in [-0.15, -0.1) is 0 Å². The molecule has 0 bridgehead atoms. The van der Waals surface area contributed by atoms with Crippen LogP contribution < -0.4 is 4.90 Å². The van der Waals surface area contributed by atoms with Crippen LogP contribution in [0.1, 0.15) is 22.3 Å². The molecule has 0 fully saturated rings. The van der Waals surface area contributed by atoms with Crippen LogP contribution in [0.15, 0.2) is 53.6 Å². The molecule has 2 aromatic carbocycles. The highest BCUT2D eigenvalue weighted by molar-refractivity contribution is 6.04. The number of hydrazone groups is 1. The highest BCUT2D eigenvalue weighted by atomic mass is 19.1. The standard InChI is InChI=1S/C18H18FN3O/c1-21(2)16-8-4-5-13(12-16)17-9-10-22(20-17)18(23)14-6-3-7-15(19)11-14/h3-8,11-12H,9-10H2,1-2H3. The van der Waals surface area contributed by atoms with Crippen molar-refractivity contribution in [2.45, 2.75) is 6.42 Å². The Labute approximate surface area is 134 Å². The minimum absolute atomic E-state index is 0.275. The molecule has 1 heterocycles. The number of hydrogen-bond donors (Lipinski definition) is 0. The summed E-state index contributed by atoms with van der Waals surface area (Å²) in [4.78, 5) is 14.4. The first-order valence-corrected chi connectivity index (χ1v) is 7.47. The van der Waals surface area contributed by atoms with E-state index in [0.29, 0.717) is 18.5 Å². The lowest BCUT2D eigenvalue weighted by atomic mass is 10.1. The maximum Gasteiger partial charge on any atom is 0.274 e. The SMILES string of the molecule is CN(C)c1cccc(C2=NN(C(=O)c3cccc(F)c3)CC2)c1. The van der Waals surface area contributed by atoms with Gasteiger partial charge in [0.25, 0.3) is 5.91 Å². The predicted octanol–water partition coefficient (Wildman–Crippen LogP) is 3.14. The van der Waals surface area contributed by atoms with Crippen LogP contribution in [0.4, 0.5) is 10.1 Å². The molecule has 0 atom stereocenters. The lowest BCUT2D eigenvalue weighted by Crippen LogP contribution is -2.23. The van der Waals surface area contributed by atoms with Gasteiger partial charge in [0.15, 0.2) is 0 Å². The van der Waals surface area contributed by atoms with E-state index in [1.54, 1.807) is 6.07 Å². The average molecular weight is 311 g/mol. The van der Waals surface area contributed by atoms with Crippen molar-refractivity contribution in [3.8, 4) is 0 Å². The van der Waals surface area contributed by atoms with Gasteiger partial charge in [0.1, 0.15) is 5.82 Å². The molecule has 0 radical (unpaired) electrons. The van der Waals surface area contributed by atoms with E-state index in [-0.39, 0.29) is 5.91 Å². The number of anilines is 1. The molecule has 2 aromatic rings. The van der Waals surface area contributed by atoms with E-state index in [9.17, 15) is 9.18 Å². The molecule has 118 valence electrons. The molecular formula is C18H18FN3O. The second kappa shape index (κ2) is 6.20. The normalized spacial score (nSPS) is 13.9. The van der Waals surface area contributed by atoms with Crippen molar-refractivity contribution in [2.75, 3.05) is 25.5 Å². The van der Waals surface area contributed by atoms with Gasteiger partial charge < -0.3 is 4.90 Å². The maximum atomic E-state index is 13.3. The van der Waals surface area contributed by atoms with Crippen LogP contribution in [-0.2, 0) is 0 Å². The fourth-order valence-electron chi connectivity index (χ4n) is 2.54. The molecule has 23 heavy (non-hydrogen) atoms. The van der Waals surface area contributed by atoms with Gasteiger partial charge in [-0.05, 0) is 35.9 Å². The summed E-state index contributed by atoms with van der Waals surface area (Å²) in [5.74, 6) is -0.693. The topological polar surface area (TPSA) is 35.9 Å². The summed E-state index contributed by atoms with van der Waals surface area (Å²) in [5, 5.41) is 5.83. The van der Waals surface area contributed by atoms with Crippen molar-refractivity contribution < 1.29 is 9.18 Å². The van der Waals surface area contributed by atoms with Gasteiger partial charge >= 0.3 is 0 Å². The van der Waals surface area contributed by atoms with Crippen LogP contribution in [0.3, 0.4) is 0 Å². The Morgan fingerprint density at radius 2 is 1.96 bits per heavy atom. The van der Waals surface area contributed by atoms with Crippen molar-refractivity contribution in [3.05, 3.63) is 65.5 Å². The van der Waals surface area contributed by atoms with E-state index in [1.165, 1.54) is 23.2 Å². The zero-order valence-corrected chi connectivity index (χ0v) is 13.2. The first-order valence-electron chi connectivity index (χ1n) is 7.47. The molecule has 1 aliphatic rings. The van der Waals surface area contributed by atoms with Gasteiger partial charge in [-0.25, -0.2) is 9.40 Å². The minimum atomic E-state index is -0.419. The summed E-state index contributed by atoms with van der Waals surface area (Å²) < 4.78 is 13.3. The third kappa shape index (κ3) is 3.23. The van der Waals surface area contributed by atoms with Crippen molar-refractivity contribution >= 4 is 17.3 Å². The lowest BCUT2D eigenvalue weighted by molar-refractivity contribution is 0.0778. The molecule has 1 amide bonds. The van der Waals surface area contributed by atoms with Gasteiger partial charge in [-0.1, -0.05) is 18.2 Å². The maximum absolute atomic E-state index is 13.3. The van der Waals surface area contributed by atoms with Gasteiger partial charge in [0.05, 0.1) is 12.3 Å². The van der Waals surface area contributed by atoms with E-state index < -0.39 is 5.82 Å². The molecule has 0 N–H and O–H groups in total. The monoisotopic (exact) mass is 311 g/mol. The molecule has 4 nitrogen and oxygen atoms in total. The molecule has 0 saturated heterocycles. The summed E-state index contributed by atoms with van der Waals surface area (Å²) in [6.07, 6.45) is 0.692. The number of rotatable bonds is 3. The molecule has 0 aromatic heterocycles. The Morgan fingerprint density at radius 1 is 1.17 bits per heavy atom. The number of hydrogen-bond acceptors (Lipinski definition) is 3. The molecule has 0 spiro atoms. The minimum Gasteiger partial charge on any atom is -0.378 e. The molecule has 5 heteroatoms. The zero-order valence-electron chi connectivity index (χ0n) is 13.2. The summed E-state index contributed by atoms with van der Waals surface area (Å²) in [6.45, 7) is 0.511. The van der Waals surface area contributed by atoms with E-state index in [0.717, 1.165) is 17.0 Å². The van der Waals surface area contributed by atoms with Gasteiger partial charge in [-0.3, -0.25) is 4.79 Å². The summed E-state index contributed by atoms with van der Waals surface area (Å²) in [7, 11) is 3.96. The van der Waals surface area contributed by atoms with Crippen LogP contribution in [0.5, 0.6) is 0 Å². The molecule has 1 aliphatic heterocycles. The van der Waals surface area contributed by atoms with Crippen LogP contribution in [0.25, 0.3) is 0 Å². The van der Waals surface area contributed by atoms with Crippen molar-refractivity contribution in [1.29, 1.82) is 0 Å². The summed E-state index contributed by atoms with van der Waals surface area (Å²) in [5.41, 5.74) is 3.28. The molecule has 0 aliphatic carbocycles. The first kappa shape index (κ1) is 15.2. The van der Waals surface area contributed by atoms with Gasteiger partial charge in [-0.2, -0.15) is 5.10 Å². The Balaban J connectivity index is 1.83. The summed E-state index contributed by atoms with van der Waals surface area (Å²) >= 11 is 0. The van der Waals surface area contributed by atoms with Gasteiger partial charge in [0, 0.05) is 31.8 Å². The third-order valence-electron chi connectivity index (χ3n) is 3.80. The molecule has 0 unspecified atom stereocenters. The summed E-state index contributed by atoms with van der Waals surface area (Å²) in [6, 6.07) is 13.7. The van der Waals surface area contributed by atoms with Crippen LogP contribution in [-0.4, -0.2) is 37.3 Å². The van der Waals surface area contributed by atoms with E-state index in [2.05, 4.69) is 11.2 Å². The van der Waals surface area contributed by atoms with E-state index in [1.807, 2.05) is 37.2 Å². The molecular weight excluding hydrogens is 293 g/mol. The second-order valence-corrected chi connectivity index (χ2v) is 5.68. The number of amides is 1. The fourth-order valence-corrected chi connectivity index (χ4v) is 2.54. The third-order valence-corrected chi connectivity index (χ3v) is 3.80. The highest BCUT2D eigenvalue weighted by Crippen LogP contribution is 2.20. The lowest BCUT2D eigenvalue weighted by Gasteiger charge is -2.13. The zero-order chi connectivity index (χ0) is 16.4. The fraction of sp³-hybridized carbons (Fsp3) is 0.222. The number of halogens is 1. The smallest absolute Gasteiger partial charge is 0.274 e. The Morgan fingerprint density at radius 3 is 2.70 bits per heavy atom. The average Bonchev–Trinajstić information content (AvgIpc) is 3.04. The number of carbonyl (C=O) groups excluding carboxylic acids is 1. The van der Waals surface area contributed by atoms with E-state index >= 15 is 0 Å². The second-order valence-electron chi connectivity index (χ2n) is 5.68. The quantitative estimate of drug-likeness (QED) is 0.873. The van der Waals surface area contributed by atoms with Crippen molar-refractivity contribution in [2.24, 2.45) is 5.10 Å². The van der Waals surface area contributed by atoms with Crippen LogP contribution in [0, 0.1) is 5.82 Å².